The maximum atomic E-state index is 3.97. The summed E-state index contributed by atoms with van der Waals surface area (Å²) in [7, 11) is 5.95. The molecule has 1 heterocycles. The monoisotopic (exact) mass is 175 g/mol. The third-order valence-corrected chi connectivity index (χ3v) is 2.51. The highest BCUT2D eigenvalue weighted by molar-refractivity contribution is 5.37. The second kappa shape index (κ2) is 3.48. The zero-order valence-electron chi connectivity index (χ0n) is 8.01. The molecule has 2 heteroatoms. The largest absolute Gasteiger partial charge is 0.316 e. The van der Waals surface area contributed by atoms with E-state index in [9.17, 15) is 0 Å². The molecule has 0 bridgehead atoms. The molecule has 1 radical (unpaired) electrons. The summed E-state index contributed by atoms with van der Waals surface area (Å²) in [5.41, 5.74) is 4.31. The summed E-state index contributed by atoms with van der Waals surface area (Å²) in [6.45, 7) is 2.94. The first-order valence-corrected chi connectivity index (χ1v) is 4.61. The fourth-order valence-corrected chi connectivity index (χ4v) is 1.92. The lowest BCUT2D eigenvalue weighted by Crippen LogP contribution is -2.09. The van der Waals surface area contributed by atoms with Crippen molar-refractivity contribution in [3.05, 3.63) is 41.9 Å². The van der Waals surface area contributed by atoms with Crippen LogP contribution in [0.4, 0.5) is 0 Å². The van der Waals surface area contributed by atoms with Crippen molar-refractivity contribution in [2.45, 2.75) is 19.6 Å². The van der Waals surface area contributed by atoms with Crippen molar-refractivity contribution in [2.75, 3.05) is 7.05 Å². The molecule has 0 aliphatic carbocycles. The van der Waals surface area contributed by atoms with E-state index in [1.165, 1.54) is 16.7 Å². The van der Waals surface area contributed by atoms with E-state index in [2.05, 4.69) is 35.5 Å². The van der Waals surface area contributed by atoms with Crippen molar-refractivity contribution < 1.29 is 0 Å². The molecule has 0 spiro atoms. The molecule has 0 saturated heterocycles. The van der Waals surface area contributed by atoms with Gasteiger partial charge in [-0.2, -0.15) is 0 Å². The number of nitrogens with zero attached hydrogens (tertiary/aromatic N) is 1. The second-order valence-corrected chi connectivity index (χ2v) is 3.57. The summed E-state index contributed by atoms with van der Waals surface area (Å²) >= 11 is 0. The maximum Gasteiger partial charge on any atom is 0.0244 e. The molecular weight excluding hydrogens is 160 g/mol. The van der Waals surface area contributed by atoms with Gasteiger partial charge in [-0.3, -0.25) is 4.90 Å². The smallest absolute Gasteiger partial charge is 0.0244 e. The molecule has 0 saturated carbocycles. The van der Waals surface area contributed by atoms with Crippen LogP contribution in [0.15, 0.2) is 18.2 Å². The van der Waals surface area contributed by atoms with Crippen LogP contribution in [0.3, 0.4) is 0 Å². The number of hydrogen-bond donors (Lipinski definition) is 1. The molecular formula is C11H15N2. The lowest BCUT2D eigenvalue weighted by Gasteiger charge is -2.07. The molecule has 13 heavy (non-hydrogen) atoms. The van der Waals surface area contributed by atoms with Crippen LogP contribution in [0.25, 0.3) is 0 Å². The normalized spacial score (nSPS) is 16.2. The molecule has 1 aromatic carbocycles. The summed E-state index contributed by atoms with van der Waals surface area (Å²) in [5, 5.41) is 3.19. The third kappa shape index (κ3) is 1.60. The van der Waals surface area contributed by atoms with E-state index in [1.54, 1.807) is 0 Å². The molecule has 1 aliphatic heterocycles. The quantitative estimate of drug-likeness (QED) is 0.733. The number of fused-ring (bicyclic) bond motifs is 1. The van der Waals surface area contributed by atoms with Crippen LogP contribution < -0.4 is 5.32 Å². The van der Waals surface area contributed by atoms with Crippen molar-refractivity contribution in [3.8, 4) is 0 Å². The first-order valence-electron chi connectivity index (χ1n) is 4.61. The predicted molar refractivity (Wildman–Crippen MR) is 53.8 cm³/mol. The molecule has 0 unspecified atom stereocenters. The van der Waals surface area contributed by atoms with Gasteiger partial charge in [-0.15, -0.1) is 0 Å². The Morgan fingerprint density at radius 2 is 2.31 bits per heavy atom. The van der Waals surface area contributed by atoms with Crippen molar-refractivity contribution in [3.63, 3.8) is 0 Å². The van der Waals surface area contributed by atoms with Crippen molar-refractivity contribution in [1.82, 2.24) is 10.2 Å². The molecule has 2 rings (SSSR count). The highest BCUT2D eigenvalue weighted by Crippen LogP contribution is 2.24. The highest BCUT2D eigenvalue weighted by Gasteiger charge is 2.17. The Morgan fingerprint density at radius 1 is 1.46 bits per heavy atom. The molecule has 0 atom stereocenters. The van der Waals surface area contributed by atoms with Crippen molar-refractivity contribution in [2.24, 2.45) is 0 Å². The fraction of sp³-hybridized carbons (Fsp3) is 0.364. The van der Waals surface area contributed by atoms with Crippen LogP contribution in [0.1, 0.15) is 16.7 Å². The van der Waals surface area contributed by atoms with E-state index < -0.39 is 0 Å². The zero-order chi connectivity index (χ0) is 9.26. The lowest BCUT2D eigenvalue weighted by molar-refractivity contribution is 0.392. The van der Waals surface area contributed by atoms with Gasteiger partial charge in [0.25, 0.3) is 0 Å². The molecule has 69 valence electrons. The van der Waals surface area contributed by atoms with E-state index in [0.717, 1.165) is 19.6 Å². The van der Waals surface area contributed by atoms with Crippen LogP contribution in [0.5, 0.6) is 0 Å². The summed E-state index contributed by atoms with van der Waals surface area (Å²) in [6.07, 6.45) is 0. The number of benzene rings is 1. The van der Waals surface area contributed by atoms with E-state index in [-0.39, 0.29) is 0 Å². The average molecular weight is 175 g/mol. The van der Waals surface area contributed by atoms with Gasteiger partial charge in [0.2, 0.25) is 0 Å². The van der Waals surface area contributed by atoms with E-state index >= 15 is 0 Å². The van der Waals surface area contributed by atoms with Gasteiger partial charge >= 0.3 is 0 Å². The van der Waals surface area contributed by atoms with Gasteiger partial charge in [0.1, 0.15) is 0 Å². The topological polar surface area (TPSA) is 15.3 Å². The van der Waals surface area contributed by atoms with Crippen LogP contribution >= 0.6 is 0 Å². The van der Waals surface area contributed by atoms with Gasteiger partial charge in [-0.05, 0) is 23.7 Å². The summed E-state index contributed by atoms with van der Waals surface area (Å²) in [6, 6.07) is 6.51. The minimum absolute atomic E-state index is 0.955. The number of rotatable bonds is 2. The van der Waals surface area contributed by atoms with Gasteiger partial charge in [0.05, 0.1) is 0 Å². The van der Waals surface area contributed by atoms with Gasteiger partial charge < -0.3 is 5.32 Å². The fourth-order valence-electron chi connectivity index (χ4n) is 1.92. The van der Waals surface area contributed by atoms with Gasteiger partial charge in [0, 0.05) is 26.7 Å². The molecule has 1 N–H and O–H groups in total. The van der Waals surface area contributed by atoms with Crippen molar-refractivity contribution >= 4 is 0 Å². The van der Waals surface area contributed by atoms with Gasteiger partial charge in [-0.25, -0.2) is 0 Å². The number of hydrogen-bond acceptors (Lipinski definition) is 2. The second-order valence-electron chi connectivity index (χ2n) is 3.57. The lowest BCUT2D eigenvalue weighted by atomic mass is 10.0. The van der Waals surface area contributed by atoms with Crippen LogP contribution in [-0.2, 0) is 19.6 Å². The van der Waals surface area contributed by atoms with Crippen LogP contribution in [0, 0.1) is 7.05 Å². The summed E-state index contributed by atoms with van der Waals surface area (Å²) in [4.78, 5) is 2.10. The maximum absolute atomic E-state index is 3.97. The number of nitrogens with one attached hydrogen (secondary N) is 1. The Hall–Kier alpha value is -0.860. The molecule has 0 amide bonds. The minimum atomic E-state index is 0.955. The minimum Gasteiger partial charge on any atom is -0.316 e. The van der Waals surface area contributed by atoms with E-state index in [1.807, 2.05) is 7.05 Å². The van der Waals surface area contributed by atoms with Crippen LogP contribution in [-0.4, -0.2) is 11.9 Å². The Labute approximate surface area is 79.6 Å². The molecule has 1 aromatic rings. The first kappa shape index (κ1) is 8.73. The Kier molecular flexibility index (Phi) is 2.34. The Bertz CT molecular complexity index is 307. The third-order valence-electron chi connectivity index (χ3n) is 2.51. The van der Waals surface area contributed by atoms with E-state index in [4.69, 9.17) is 0 Å². The molecule has 1 aliphatic rings. The summed E-state index contributed by atoms with van der Waals surface area (Å²) < 4.78 is 0. The predicted octanol–water partition coefficient (Wildman–Crippen LogP) is 1.51. The van der Waals surface area contributed by atoms with Crippen molar-refractivity contribution in [1.29, 1.82) is 0 Å². The van der Waals surface area contributed by atoms with Gasteiger partial charge in [-0.1, -0.05) is 18.2 Å². The highest BCUT2D eigenvalue weighted by atomic mass is 15.1. The first-order chi connectivity index (χ1) is 6.31. The SMILES string of the molecule is [CH2]N1Cc2cccc(CNC)c2C1. The zero-order valence-corrected chi connectivity index (χ0v) is 8.01. The summed E-state index contributed by atoms with van der Waals surface area (Å²) in [5.74, 6) is 0. The average Bonchev–Trinajstić information content (AvgIpc) is 2.47. The molecule has 0 fully saturated rings. The van der Waals surface area contributed by atoms with E-state index in [0.29, 0.717) is 0 Å². The molecule has 0 aromatic heterocycles. The van der Waals surface area contributed by atoms with Crippen LogP contribution in [0.2, 0.25) is 0 Å². The standard InChI is InChI=1S/C11H15N2/c1-12-6-9-4-3-5-10-7-13(2)8-11(9)10/h3-5,12H,2,6-8H2,1H3. The Morgan fingerprint density at radius 3 is 3.08 bits per heavy atom. The van der Waals surface area contributed by atoms with Gasteiger partial charge in [0.15, 0.2) is 0 Å². The Balaban J connectivity index is 2.34. The molecule has 2 nitrogen and oxygen atoms in total.